The van der Waals surface area contributed by atoms with Crippen molar-refractivity contribution in [2.75, 3.05) is 11.9 Å². The molecule has 0 bridgehead atoms. The lowest BCUT2D eigenvalue weighted by Crippen LogP contribution is -2.27. The molecule has 0 radical (unpaired) electrons. The monoisotopic (exact) mass is 520 g/mol. The SMILES string of the molecule is Cc1c(N=c2scc(-c3ccccc3)n2N=C2C(=O)N(C)c3ccccc32)c(=O)n(-c2ccccc2)n1C. The van der Waals surface area contributed by atoms with Crippen molar-refractivity contribution in [1.29, 1.82) is 0 Å². The first kappa shape index (κ1) is 23.6. The third kappa shape index (κ3) is 3.75. The maximum Gasteiger partial charge on any atom is 0.297 e. The number of aromatic nitrogens is 3. The molecule has 1 aliphatic heterocycles. The van der Waals surface area contributed by atoms with Crippen LogP contribution >= 0.6 is 11.3 Å². The summed E-state index contributed by atoms with van der Waals surface area (Å²) in [6, 6.07) is 26.9. The zero-order chi connectivity index (χ0) is 26.4. The molecule has 38 heavy (non-hydrogen) atoms. The Kier molecular flexibility index (Phi) is 5.77. The molecule has 3 aromatic carbocycles. The number of fused-ring (bicyclic) bond motifs is 1. The molecule has 0 spiro atoms. The highest BCUT2D eigenvalue weighted by molar-refractivity contribution is 7.07. The molecule has 6 rings (SSSR count). The van der Waals surface area contributed by atoms with Crippen molar-refractivity contribution in [3.63, 3.8) is 0 Å². The standard InChI is InChI=1S/C29H24N6O2S/c1-19-25(28(37)35(33(19)3)21-14-8-5-9-15-21)30-29-34(24(18-38-29)20-12-6-4-7-13-20)31-26-22-16-10-11-17-23(22)32(2)27(26)36/h4-18H,1-3H3. The summed E-state index contributed by atoms with van der Waals surface area (Å²) < 4.78 is 5.06. The Morgan fingerprint density at radius 3 is 2.21 bits per heavy atom. The predicted molar refractivity (Wildman–Crippen MR) is 151 cm³/mol. The molecule has 5 aromatic rings. The van der Waals surface area contributed by atoms with Gasteiger partial charge in [-0.2, -0.15) is 5.10 Å². The first-order valence-electron chi connectivity index (χ1n) is 12.1. The number of rotatable bonds is 4. The van der Waals surface area contributed by atoms with E-state index in [1.807, 2.05) is 104 Å². The lowest BCUT2D eigenvalue weighted by molar-refractivity contribution is -0.112. The van der Waals surface area contributed by atoms with Crippen LogP contribution in [-0.2, 0) is 11.8 Å². The fourth-order valence-electron chi connectivity index (χ4n) is 4.61. The lowest BCUT2D eigenvalue weighted by Gasteiger charge is -2.07. The fourth-order valence-corrected chi connectivity index (χ4v) is 5.44. The van der Waals surface area contributed by atoms with Gasteiger partial charge in [-0.15, -0.1) is 11.3 Å². The van der Waals surface area contributed by atoms with E-state index in [1.54, 1.807) is 26.0 Å². The van der Waals surface area contributed by atoms with E-state index in [4.69, 9.17) is 10.1 Å². The number of anilines is 1. The molecule has 9 heteroatoms. The van der Waals surface area contributed by atoms with Crippen molar-refractivity contribution in [1.82, 2.24) is 14.0 Å². The van der Waals surface area contributed by atoms with Crippen LogP contribution in [0.1, 0.15) is 11.3 Å². The largest absolute Gasteiger partial charge is 0.309 e. The minimum atomic E-state index is -0.230. The number of hydrogen-bond acceptors (Lipinski definition) is 5. The van der Waals surface area contributed by atoms with E-state index >= 15 is 0 Å². The van der Waals surface area contributed by atoms with Crippen LogP contribution in [0.2, 0.25) is 0 Å². The van der Waals surface area contributed by atoms with Crippen LogP contribution in [0.5, 0.6) is 0 Å². The van der Waals surface area contributed by atoms with Gasteiger partial charge in [0.1, 0.15) is 0 Å². The zero-order valence-electron chi connectivity index (χ0n) is 21.1. The number of nitrogens with zero attached hydrogens (tertiary/aromatic N) is 6. The Hall–Kier alpha value is -4.76. The smallest absolute Gasteiger partial charge is 0.297 e. The third-order valence-electron chi connectivity index (χ3n) is 6.71. The molecule has 1 amide bonds. The Balaban J connectivity index is 1.60. The molecule has 8 nitrogen and oxygen atoms in total. The summed E-state index contributed by atoms with van der Waals surface area (Å²) >= 11 is 1.37. The minimum absolute atomic E-state index is 0.197. The molecule has 0 aliphatic carbocycles. The van der Waals surface area contributed by atoms with Crippen LogP contribution in [0.25, 0.3) is 16.9 Å². The van der Waals surface area contributed by atoms with Crippen molar-refractivity contribution in [3.05, 3.63) is 117 Å². The van der Waals surface area contributed by atoms with E-state index in [9.17, 15) is 9.59 Å². The van der Waals surface area contributed by atoms with Crippen LogP contribution in [0, 0.1) is 6.92 Å². The lowest BCUT2D eigenvalue weighted by atomic mass is 10.1. The van der Waals surface area contributed by atoms with Crippen LogP contribution in [0.4, 0.5) is 11.4 Å². The van der Waals surface area contributed by atoms with E-state index in [0.29, 0.717) is 16.2 Å². The van der Waals surface area contributed by atoms with Crippen molar-refractivity contribution >= 4 is 34.3 Å². The number of para-hydroxylation sites is 2. The molecule has 0 saturated carbocycles. The van der Waals surface area contributed by atoms with E-state index in [1.165, 1.54) is 11.3 Å². The second-order valence-electron chi connectivity index (χ2n) is 8.93. The molecule has 0 saturated heterocycles. The molecule has 0 fully saturated rings. The number of thiazole rings is 1. The summed E-state index contributed by atoms with van der Waals surface area (Å²) in [4.78, 5) is 33.7. The van der Waals surface area contributed by atoms with E-state index in [-0.39, 0.29) is 11.5 Å². The first-order valence-corrected chi connectivity index (χ1v) is 12.9. The van der Waals surface area contributed by atoms with Crippen LogP contribution < -0.4 is 15.3 Å². The molecular formula is C29H24N6O2S. The number of likely N-dealkylation sites (N-methyl/N-ethyl adjacent to an activating group) is 1. The summed E-state index contributed by atoms with van der Waals surface area (Å²) in [6.45, 7) is 1.87. The summed E-state index contributed by atoms with van der Waals surface area (Å²) in [5, 5.41) is 6.80. The molecule has 2 aromatic heterocycles. The van der Waals surface area contributed by atoms with Crippen molar-refractivity contribution in [2.24, 2.45) is 17.1 Å². The summed E-state index contributed by atoms with van der Waals surface area (Å²) in [5.74, 6) is -0.197. The Bertz CT molecular complexity index is 1840. The molecule has 3 heterocycles. The van der Waals surface area contributed by atoms with Gasteiger partial charge in [-0.1, -0.05) is 66.7 Å². The average molecular weight is 521 g/mol. The van der Waals surface area contributed by atoms with Gasteiger partial charge < -0.3 is 4.90 Å². The van der Waals surface area contributed by atoms with Gasteiger partial charge in [0.2, 0.25) is 4.80 Å². The van der Waals surface area contributed by atoms with Gasteiger partial charge in [0.15, 0.2) is 11.4 Å². The van der Waals surface area contributed by atoms with Gasteiger partial charge >= 0.3 is 0 Å². The van der Waals surface area contributed by atoms with Crippen molar-refractivity contribution in [3.8, 4) is 16.9 Å². The number of hydrogen-bond donors (Lipinski definition) is 0. The van der Waals surface area contributed by atoms with Gasteiger partial charge in [-0.25, -0.2) is 14.4 Å². The van der Waals surface area contributed by atoms with Crippen molar-refractivity contribution in [2.45, 2.75) is 6.92 Å². The molecular weight excluding hydrogens is 496 g/mol. The Morgan fingerprint density at radius 2 is 1.47 bits per heavy atom. The quantitative estimate of drug-likeness (QED) is 0.351. The van der Waals surface area contributed by atoms with Gasteiger partial charge in [0.25, 0.3) is 11.5 Å². The molecule has 188 valence electrons. The fraction of sp³-hybridized carbons (Fsp3) is 0.103. The van der Waals surface area contributed by atoms with Gasteiger partial charge in [-0.3, -0.25) is 14.3 Å². The van der Waals surface area contributed by atoms with E-state index in [0.717, 1.165) is 33.9 Å². The average Bonchev–Trinajstić information content (AvgIpc) is 3.53. The number of carbonyl (C=O) groups excluding carboxylic acids is 1. The second-order valence-corrected chi connectivity index (χ2v) is 9.77. The van der Waals surface area contributed by atoms with Gasteiger partial charge in [-0.05, 0) is 25.1 Å². The van der Waals surface area contributed by atoms with Crippen molar-refractivity contribution < 1.29 is 4.79 Å². The summed E-state index contributed by atoms with van der Waals surface area (Å²) in [6.07, 6.45) is 0. The van der Waals surface area contributed by atoms with Crippen LogP contribution in [0.15, 0.2) is 105 Å². The zero-order valence-corrected chi connectivity index (χ0v) is 21.9. The predicted octanol–water partition coefficient (Wildman–Crippen LogP) is 4.48. The van der Waals surface area contributed by atoms with Gasteiger partial charge in [0.05, 0.1) is 22.8 Å². The van der Waals surface area contributed by atoms with Crippen LogP contribution in [0.3, 0.4) is 0 Å². The molecule has 0 atom stereocenters. The molecule has 1 aliphatic rings. The van der Waals surface area contributed by atoms with Crippen LogP contribution in [-0.4, -0.2) is 32.7 Å². The third-order valence-corrected chi connectivity index (χ3v) is 7.53. The minimum Gasteiger partial charge on any atom is -0.309 e. The number of amides is 1. The van der Waals surface area contributed by atoms with E-state index in [2.05, 4.69) is 0 Å². The molecule has 0 N–H and O–H groups in total. The second kappa shape index (κ2) is 9.28. The highest BCUT2D eigenvalue weighted by Gasteiger charge is 2.31. The summed E-state index contributed by atoms with van der Waals surface area (Å²) in [7, 11) is 3.58. The highest BCUT2D eigenvalue weighted by atomic mass is 32.1. The Morgan fingerprint density at radius 1 is 0.816 bits per heavy atom. The van der Waals surface area contributed by atoms with Gasteiger partial charge in [0, 0.05) is 30.6 Å². The first-order chi connectivity index (χ1) is 18.5. The van der Waals surface area contributed by atoms with E-state index < -0.39 is 0 Å². The normalized spacial score (nSPS) is 14.5. The maximum atomic E-state index is 13.6. The Labute approximate surface area is 222 Å². The maximum absolute atomic E-state index is 13.6. The molecule has 0 unspecified atom stereocenters. The topological polar surface area (TPSA) is 76.9 Å². The number of benzene rings is 3. The number of carbonyl (C=O) groups is 1. The highest BCUT2D eigenvalue weighted by Crippen LogP contribution is 2.29. The summed E-state index contributed by atoms with van der Waals surface area (Å²) in [5.41, 5.74) is 5.15.